The van der Waals surface area contributed by atoms with E-state index in [0.29, 0.717) is 23.7 Å². The van der Waals surface area contributed by atoms with Crippen LogP contribution in [0.2, 0.25) is 0 Å². The second kappa shape index (κ2) is 15.2. The molecule has 3 atom stereocenters. The maximum atomic E-state index is 14.7. The molecular weight excluding hydrogens is 612 g/mol. The van der Waals surface area contributed by atoms with Crippen LogP contribution >= 0.6 is 0 Å². The van der Waals surface area contributed by atoms with Crippen LogP contribution in [-0.4, -0.2) is 36.7 Å². The average molecular weight is 655 g/mol. The minimum Gasteiger partial charge on any atom is -0.497 e. The van der Waals surface area contributed by atoms with Gasteiger partial charge in [0.1, 0.15) is 5.75 Å². The molecule has 4 aromatic rings. The summed E-state index contributed by atoms with van der Waals surface area (Å²) < 4.78 is 5.33. The van der Waals surface area contributed by atoms with Gasteiger partial charge in [-0.15, -0.1) is 6.58 Å². The van der Waals surface area contributed by atoms with Crippen LogP contribution in [0, 0.1) is 17.8 Å². The van der Waals surface area contributed by atoms with E-state index in [9.17, 15) is 14.4 Å². The van der Waals surface area contributed by atoms with Crippen molar-refractivity contribution in [2.24, 2.45) is 28.5 Å². The van der Waals surface area contributed by atoms with E-state index >= 15 is 0 Å². The lowest BCUT2D eigenvalue weighted by Crippen LogP contribution is -2.51. The number of para-hydroxylation sites is 1. The number of amides is 3. The third kappa shape index (κ3) is 7.49. The van der Waals surface area contributed by atoms with Crippen LogP contribution in [0.5, 0.6) is 5.75 Å². The zero-order valence-corrected chi connectivity index (χ0v) is 27.8. The molecule has 8 heteroatoms. The summed E-state index contributed by atoms with van der Waals surface area (Å²) in [6.45, 7) is 4.05. The van der Waals surface area contributed by atoms with Gasteiger partial charge in [-0.3, -0.25) is 14.4 Å². The van der Waals surface area contributed by atoms with Gasteiger partial charge >= 0.3 is 0 Å². The molecule has 6 rings (SSSR count). The van der Waals surface area contributed by atoms with Crippen molar-refractivity contribution in [2.75, 3.05) is 12.0 Å². The fraction of sp³-hybridized carbons (Fsp3) is 0.268. The van der Waals surface area contributed by atoms with Crippen molar-refractivity contribution < 1.29 is 19.1 Å². The van der Waals surface area contributed by atoms with Gasteiger partial charge in [-0.1, -0.05) is 104 Å². The van der Waals surface area contributed by atoms with Gasteiger partial charge in [0, 0.05) is 11.1 Å². The van der Waals surface area contributed by atoms with Gasteiger partial charge in [0.15, 0.2) is 0 Å². The first-order chi connectivity index (χ1) is 23.9. The summed E-state index contributed by atoms with van der Waals surface area (Å²) >= 11 is 0. The summed E-state index contributed by atoms with van der Waals surface area (Å²) in [4.78, 5) is 48.2. The fourth-order valence-corrected chi connectivity index (χ4v) is 6.77. The van der Waals surface area contributed by atoms with Crippen molar-refractivity contribution in [1.82, 2.24) is 5.32 Å². The normalized spacial score (nSPS) is 17.1. The zero-order chi connectivity index (χ0) is 34.3. The Kier molecular flexibility index (Phi) is 10.3. The maximum absolute atomic E-state index is 14.7. The molecule has 3 N–H and O–H groups in total. The molecule has 1 aliphatic carbocycles. The number of carbonyl (C=O) groups excluding carboxylic acids is 3. The largest absolute Gasteiger partial charge is 0.497 e. The van der Waals surface area contributed by atoms with E-state index in [0.717, 1.165) is 52.8 Å². The molecular formula is C41H42N4O4. The molecule has 4 aromatic carbocycles. The highest BCUT2D eigenvalue weighted by Crippen LogP contribution is 2.36. The number of nitrogens with one attached hydrogen (secondary N) is 1. The number of rotatable bonds is 13. The number of carbonyl (C=O) groups is 3. The topological polar surface area (TPSA) is 114 Å². The summed E-state index contributed by atoms with van der Waals surface area (Å²) in [7, 11) is 1.64. The lowest BCUT2D eigenvalue weighted by molar-refractivity contribution is -0.136. The van der Waals surface area contributed by atoms with Crippen molar-refractivity contribution in [3.63, 3.8) is 0 Å². The molecule has 0 aromatic heterocycles. The number of allylic oxidation sites excluding steroid dienone is 1. The number of ether oxygens (including phenoxy) is 1. The van der Waals surface area contributed by atoms with E-state index in [-0.39, 0.29) is 18.9 Å². The van der Waals surface area contributed by atoms with E-state index < -0.39 is 29.8 Å². The van der Waals surface area contributed by atoms with Gasteiger partial charge in [0.25, 0.3) is 5.91 Å². The van der Waals surface area contributed by atoms with Crippen LogP contribution in [0.15, 0.2) is 121 Å². The molecule has 0 bridgehead atoms. The molecule has 2 aliphatic rings. The Labute approximate surface area is 287 Å². The summed E-state index contributed by atoms with van der Waals surface area (Å²) in [5.41, 5.74) is 11.6. The van der Waals surface area contributed by atoms with Crippen LogP contribution in [-0.2, 0) is 20.9 Å². The Hall–Kier alpha value is -5.50. The van der Waals surface area contributed by atoms with Crippen molar-refractivity contribution >= 4 is 29.1 Å². The number of benzodiazepines with no additional fused rings is 1. The van der Waals surface area contributed by atoms with Crippen LogP contribution < -0.4 is 20.7 Å². The quantitative estimate of drug-likeness (QED) is 0.157. The van der Waals surface area contributed by atoms with Gasteiger partial charge in [-0.25, -0.2) is 4.99 Å². The highest BCUT2D eigenvalue weighted by Gasteiger charge is 2.39. The summed E-state index contributed by atoms with van der Waals surface area (Å²) in [6.07, 6.45) is 4.28. The zero-order valence-electron chi connectivity index (χ0n) is 27.8. The molecule has 1 heterocycles. The number of nitrogens with two attached hydrogens (primary N) is 1. The van der Waals surface area contributed by atoms with Gasteiger partial charge in [-0.2, -0.15) is 0 Å². The molecule has 49 heavy (non-hydrogen) atoms. The number of hydrogen-bond acceptors (Lipinski definition) is 5. The molecule has 1 fully saturated rings. The van der Waals surface area contributed by atoms with E-state index in [1.54, 1.807) is 18.1 Å². The Balaban J connectivity index is 1.39. The first kappa shape index (κ1) is 33.4. The third-order valence-electron chi connectivity index (χ3n) is 9.65. The van der Waals surface area contributed by atoms with Crippen molar-refractivity contribution in [3.8, 4) is 16.9 Å². The first-order valence-electron chi connectivity index (χ1n) is 16.8. The predicted molar refractivity (Wildman–Crippen MR) is 193 cm³/mol. The minimum absolute atomic E-state index is 0.246. The number of anilines is 1. The first-order valence-corrected chi connectivity index (χ1v) is 16.8. The van der Waals surface area contributed by atoms with Crippen molar-refractivity contribution in [2.45, 2.75) is 44.8 Å². The second-order valence-electron chi connectivity index (χ2n) is 12.8. The average Bonchev–Trinajstić information content (AvgIpc) is 3.22. The summed E-state index contributed by atoms with van der Waals surface area (Å²) in [5, 5.41) is 2.98. The van der Waals surface area contributed by atoms with Crippen LogP contribution in [0.4, 0.5) is 5.69 Å². The Morgan fingerprint density at radius 2 is 1.65 bits per heavy atom. The van der Waals surface area contributed by atoms with Gasteiger partial charge in [0.2, 0.25) is 18.0 Å². The molecule has 250 valence electrons. The SMILES string of the molecule is C=CC[C@H](C(N)=O)[C@@H](CC1CCC1)C(=O)NC1N=C(c2ccccc2)c2ccccc2N(Cc2cccc(-c3ccc(OC)cc3)c2)C1=O. The number of nitrogens with zero attached hydrogens (tertiary/aromatic N) is 2. The fourth-order valence-electron chi connectivity index (χ4n) is 6.77. The smallest absolute Gasteiger partial charge is 0.272 e. The van der Waals surface area contributed by atoms with Crippen molar-refractivity contribution in [1.29, 1.82) is 0 Å². The number of benzene rings is 4. The van der Waals surface area contributed by atoms with Crippen LogP contribution in [0.3, 0.4) is 0 Å². The van der Waals surface area contributed by atoms with Gasteiger partial charge in [-0.05, 0) is 59.7 Å². The molecule has 8 nitrogen and oxygen atoms in total. The third-order valence-corrected chi connectivity index (χ3v) is 9.65. The van der Waals surface area contributed by atoms with E-state index in [1.165, 1.54) is 0 Å². The van der Waals surface area contributed by atoms with Crippen LogP contribution in [0.1, 0.15) is 48.8 Å². The van der Waals surface area contributed by atoms with E-state index in [1.807, 2.05) is 97.1 Å². The Bertz CT molecular complexity index is 1850. The standard InChI is InChI=1S/C41H42N4O4/c1-3-11-33(38(42)46)35(25-27-12-9-13-27)40(47)44-39-41(48)45(26-28-14-10-17-31(24-28)29-20-22-32(49-2)23-21-29)36-19-8-7-18-34(36)37(43-39)30-15-5-4-6-16-30/h3-8,10,14-24,27,33,35,39H,1,9,11-13,25-26H2,2H3,(H2,42,46)(H,44,47)/t33-,35+,39?/m0/s1. The number of hydrogen-bond donors (Lipinski definition) is 2. The Morgan fingerprint density at radius 1 is 0.939 bits per heavy atom. The molecule has 0 saturated heterocycles. The Morgan fingerprint density at radius 3 is 2.33 bits per heavy atom. The predicted octanol–water partition coefficient (Wildman–Crippen LogP) is 6.67. The van der Waals surface area contributed by atoms with Gasteiger partial charge < -0.3 is 20.7 Å². The minimum atomic E-state index is -1.24. The summed E-state index contributed by atoms with van der Waals surface area (Å²) in [6, 6.07) is 33.2. The van der Waals surface area contributed by atoms with E-state index in [4.69, 9.17) is 15.5 Å². The highest BCUT2D eigenvalue weighted by atomic mass is 16.5. The number of fused-ring (bicyclic) bond motifs is 1. The lowest BCUT2D eigenvalue weighted by Gasteiger charge is -2.33. The molecule has 1 saturated carbocycles. The second-order valence-corrected chi connectivity index (χ2v) is 12.8. The van der Waals surface area contributed by atoms with Crippen molar-refractivity contribution in [3.05, 3.63) is 132 Å². The number of methoxy groups -OCH3 is 1. The monoisotopic (exact) mass is 654 g/mol. The molecule has 0 radical (unpaired) electrons. The molecule has 1 aliphatic heterocycles. The van der Waals surface area contributed by atoms with Crippen LogP contribution in [0.25, 0.3) is 11.1 Å². The van der Waals surface area contributed by atoms with Gasteiger partial charge in [0.05, 0.1) is 36.9 Å². The number of aliphatic imine (C=N–C) groups is 1. The molecule has 1 unspecified atom stereocenters. The lowest BCUT2D eigenvalue weighted by atomic mass is 9.74. The van der Waals surface area contributed by atoms with E-state index in [2.05, 4.69) is 18.0 Å². The highest BCUT2D eigenvalue weighted by molar-refractivity contribution is 6.20. The number of primary amides is 1. The molecule has 3 amide bonds. The molecule has 0 spiro atoms. The maximum Gasteiger partial charge on any atom is 0.272 e. The summed E-state index contributed by atoms with van der Waals surface area (Å²) in [5.74, 6) is -1.66.